The number of fused-ring (bicyclic) bond motifs is 1. The van der Waals surface area contributed by atoms with E-state index in [0.29, 0.717) is 23.0 Å². The molecule has 1 N–H and O–H groups in total. The molecule has 5 nitrogen and oxygen atoms in total. The van der Waals surface area contributed by atoms with Crippen molar-refractivity contribution in [3.63, 3.8) is 0 Å². The molecule has 0 atom stereocenters. The molecule has 0 saturated heterocycles. The SMILES string of the molecule is COc1ccc(Cn2nc(CO)c3ccccc3c2=O)cc1. The molecule has 0 bridgehead atoms. The second-order valence-electron chi connectivity index (χ2n) is 4.96. The summed E-state index contributed by atoms with van der Waals surface area (Å²) >= 11 is 0. The van der Waals surface area contributed by atoms with Crippen LogP contribution in [-0.4, -0.2) is 22.0 Å². The molecule has 0 aliphatic rings. The third kappa shape index (κ3) is 2.58. The normalized spacial score (nSPS) is 10.8. The van der Waals surface area contributed by atoms with Crippen molar-refractivity contribution in [1.82, 2.24) is 9.78 Å². The number of methoxy groups -OCH3 is 1. The van der Waals surface area contributed by atoms with Crippen LogP contribution < -0.4 is 10.3 Å². The van der Waals surface area contributed by atoms with Crippen LogP contribution in [0.3, 0.4) is 0 Å². The standard InChI is InChI=1S/C17H16N2O3/c1-22-13-8-6-12(7-9-13)10-19-17(21)15-5-3-2-4-14(15)16(11-20)18-19/h2-9,20H,10-11H2,1H3. The van der Waals surface area contributed by atoms with Crippen molar-refractivity contribution in [2.75, 3.05) is 7.11 Å². The van der Waals surface area contributed by atoms with Gasteiger partial charge in [-0.15, -0.1) is 0 Å². The fraction of sp³-hybridized carbons (Fsp3) is 0.176. The van der Waals surface area contributed by atoms with E-state index in [1.54, 1.807) is 19.2 Å². The lowest BCUT2D eigenvalue weighted by Crippen LogP contribution is -2.25. The lowest BCUT2D eigenvalue weighted by Gasteiger charge is -2.10. The third-order valence-corrected chi connectivity index (χ3v) is 3.59. The van der Waals surface area contributed by atoms with Gasteiger partial charge in [-0.2, -0.15) is 5.10 Å². The van der Waals surface area contributed by atoms with Gasteiger partial charge in [-0.05, 0) is 23.8 Å². The van der Waals surface area contributed by atoms with E-state index in [9.17, 15) is 9.90 Å². The highest BCUT2D eigenvalue weighted by molar-refractivity contribution is 5.83. The number of benzene rings is 2. The highest BCUT2D eigenvalue weighted by atomic mass is 16.5. The average Bonchev–Trinajstić information content (AvgIpc) is 2.58. The topological polar surface area (TPSA) is 64.3 Å². The Labute approximate surface area is 127 Å². The Balaban J connectivity index is 2.06. The minimum atomic E-state index is -0.205. The molecule has 0 radical (unpaired) electrons. The summed E-state index contributed by atoms with van der Waals surface area (Å²) in [7, 11) is 1.61. The van der Waals surface area contributed by atoms with Crippen molar-refractivity contribution < 1.29 is 9.84 Å². The Morgan fingerprint density at radius 3 is 2.41 bits per heavy atom. The van der Waals surface area contributed by atoms with E-state index in [2.05, 4.69) is 5.10 Å². The van der Waals surface area contributed by atoms with Gasteiger partial charge < -0.3 is 9.84 Å². The number of ether oxygens (including phenoxy) is 1. The molecule has 0 aliphatic heterocycles. The molecule has 112 valence electrons. The molecule has 0 saturated carbocycles. The van der Waals surface area contributed by atoms with Gasteiger partial charge in [0.15, 0.2) is 0 Å². The molecule has 5 heteroatoms. The zero-order chi connectivity index (χ0) is 15.5. The molecular formula is C17H16N2O3. The van der Waals surface area contributed by atoms with Crippen molar-refractivity contribution >= 4 is 10.8 Å². The number of hydrogen-bond acceptors (Lipinski definition) is 4. The smallest absolute Gasteiger partial charge is 0.274 e. The first-order valence-electron chi connectivity index (χ1n) is 6.95. The zero-order valence-corrected chi connectivity index (χ0v) is 12.2. The Hall–Kier alpha value is -2.66. The highest BCUT2D eigenvalue weighted by Crippen LogP contribution is 2.15. The second kappa shape index (κ2) is 5.99. The number of rotatable bonds is 4. The van der Waals surface area contributed by atoms with Crippen LogP contribution in [0.4, 0.5) is 0 Å². The number of aliphatic hydroxyl groups is 1. The molecule has 22 heavy (non-hydrogen) atoms. The van der Waals surface area contributed by atoms with Crippen molar-refractivity contribution in [3.8, 4) is 5.75 Å². The second-order valence-corrected chi connectivity index (χ2v) is 4.96. The Bertz CT molecular complexity index is 854. The summed E-state index contributed by atoms with van der Waals surface area (Å²) in [6, 6.07) is 14.7. The number of aromatic nitrogens is 2. The van der Waals surface area contributed by atoms with Crippen LogP contribution in [0.5, 0.6) is 5.75 Å². The fourth-order valence-electron chi connectivity index (χ4n) is 2.43. The number of hydrogen-bond donors (Lipinski definition) is 1. The summed E-state index contributed by atoms with van der Waals surface area (Å²) in [6.07, 6.45) is 0. The van der Waals surface area contributed by atoms with Gasteiger partial charge in [-0.25, -0.2) is 4.68 Å². The lowest BCUT2D eigenvalue weighted by atomic mass is 10.1. The maximum Gasteiger partial charge on any atom is 0.274 e. The monoisotopic (exact) mass is 296 g/mol. The van der Waals surface area contributed by atoms with E-state index in [0.717, 1.165) is 11.3 Å². The first kappa shape index (κ1) is 14.3. The van der Waals surface area contributed by atoms with E-state index in [1.165, 1.54) is 4.68 Å². The molecule has 0 aliphatic carbocycles. The highest BCUT2D eigenvalue weighted by Gasteiger charge is 2.09. The third-order valence-electron chi connectivity index (χ3n) is 3.59. The molecule has 2 aromatic carbocycles. The lowest BCUT2D eigenvalue weighted by molar-refractivity contribution is 0.275. The van der Waals surface area contributed by atoms with Crippen LogP contribution in [0, 0.1) is 0 Å². The molecule has 3 rings (SSSR count). The molecule has 3 aromatic rings. The van der Waals surface area contributed by atoms with E-state index >= 15 is 0 Å². The summed E-state index contributed by atoms with van der Waals surface area (Å²) in [5.41, 5.74) is 1.28. The van der Waals surface area contributed by atoms with E-state index < -0.39 is 0 Å². The summed E-state index contributed by atoms with van der Waals surface area (Å²) in [5, 5.41) is 15.0. The Morgan fingerprint density at radius 1 is 1.09 bits per heavy atom. The van der Waals surface area contributed by atoms with Gasteiger partial charge in [0.05, 0.1) is 31.3 Å². The quantitative estimate of drug-likeness (QED) is 0.799. The maximum atomic E-state index is 12.5. The predicted octanol–water partition coefficient (Wildman–Crippen LogP) is 1.95. The van der Waals surface area contributed by atoms with Crippen molar-refractivity contribution in [3.05, 3.63) is 70.1 Å². The van der Waals surface area contributed by atoms with Crippen LogP contribution >= 0.6 is 0 Å². The number of nitrogens with zero attached hydrogens (tertiary/aromatic N) is 2. The first-order chi connectivity index (χ1) is 10.7. The molecule has 0 spiro atoms. The maximum absolute atomic E-state index is 12.5. The minimum absolute atomic E-state index is 0.163. The minimum Gasteiger partial charge on any atom is -0.497 e. The molecule has 0 fully saturated rings. The van der Waals surface area contributed by atoms with Gasteiger partial charge in [-0.1, -0.05) is 30.3 Å². The van der Waals surface area contributed by atoms with E-state index in [4.69, 9.17) is 4.74 Å². The van der Waals surface area contributed by atoms with Gasteiger partial charge >= 0.3 is 0 Å². The fourth-order valence-corrected chi connectivity index (χ4v) is 2.43. The van der Waals surface area contributed by atoms with Gasteiger partial charge in [0, 0.05) is 5.39 Å². The van der Waals surface area contributed by atoms with Gasteiger partial charge in [0.1, 0.15) is 5.75 Å². The van der Waals surface area contributed by atoms with Gasteiger partial charge in [0.2, 0.25) is 0 Å². The molecule has 0 unspecified atom stereocenters. The zero-order valence-electron chi connectivity index (χ0n) is 12.2. The van der Waals surface area contributed by atoms with Crippen molar-refractivity contribution in [2.45, 2.75) is 13.2 Å². The molecule has 1 aromatic heterocycles. The van der Waals surface area contributed by atoms with Crippen molar-refractivity contribution in [1.29, 1.82) is 0 Å². The van der Waals surface area contributed by atoms with E-state index in [-0.39, 0.29) is 12.2 Å². The number of aliphatic hydroxyl groups excluding tert-OH is 1. The average molecular weight is 296 g/mol. The first-order valence-corrected chi connectivity index (χ1v) is 6.95. The van der Waals surface area contributed by atoms with Crippen LogP contribution in [0.1, 0.15) is 11.3 Å². The van der Waals surface area contributed by atoms with Crippen LogP contribution in [-0.2, 0) is 13.2 Å². The molecule has 0 amide bonds. The molecular weight excluding hydrogens is 280 g/mol. The predicted molar refractivity (Wildman–Crippen MR) is 84.0 cm³/mol. The summed E-state index contributed by atoms with van der Waals surface area (Å²) < 4.78 is 6.50. The van der Waals surface area contributed by atoms with E-state index in [1.807, 2.05) is 36.4 Å². The summed E-state index contributed by atoms with van der Waals surface area (Å²) in [6.45, 7) is 0.143. The Kier molecular flexibility index (Phi) is 3.89. The van der Waals surface area contributed by atoms with Crippen LogP contribution in [0.15, 0.2) is 53.3 Å². The van der Waals surface area contributed by atoms with Crippen LogP contribution in [0.2, 0.25) is 0 Å². The van der Waals surface area contributed by atoms with Crippen molar-refractivity contribution in [2.24, 2.45) is 0 Å². The largest absolute Gasteiger partial charge is 0.497 e. The summed E-state index contributed by atoms with van der Waals surface area (Å²) in [5.74, 6) is 0.763. The van der Waals surface area contributed by atoms with Crippen LogP contribution in [0.25, 0.3) is 10.8 Å². The molecule has 1 heterocycles. The summed E-state index contributed by atoms with van der Waals surface area (Å²) in [4.78, 5) is 12.5. The van der Waals surface area contributed by atoms with Gasteiger partial charge in [0.25, 0.3) is 5.56 Å². The Morgan fingerprint density at radius 2 is 1.77 bits per heavy atom. The van der Waals surface area contributed by atoms with Gasteiger partial charge in [-0.3, -0.25) is 4.79 Å².